The highest BCUT2D eigenvalue weighted by Gasteiger charge is 2.32. The first-order chi connectivity index (χ1) is 10.8. The number of unbranched alkanes of at least 4 members (excludes halogenated alkanes) is 4. The standard InChI is InChI=1S/C19H38N2O2/c1-6-7-8-9-10-11-15(2)21-17(16-12-13-16)14-20-18(22)23-19(3,4)5/h15-17,21H,6-14H2,1-5H3,(H,20,22). The molecule has 2 N–H and O–H groups in total. The molecule has 4 heteroatoms. The van der Waals surface area contributed by atoms with Crippen LogP contribution in [0.4, 0.5) is 4.79 Å². The lowest BCUT2D eigenvalue weighted by Gasteiger charge is -2.25. The highest BCUT2D eigenvalue weighted by atomic mass is 16.6. The van der Waals surface area contributed by atoms with E-state index in [1.54, 1.807) is 0 Å². The Morgan fingerprint density at radius 2 is 1.83 bits per heavy atom. The van der Waals surface area contributed by atoms with Crippen LogP contribution in [0.1, 0.15) is 86.0 Å². The minimum atomic E-state index is -0.432. The fraction of sp³-hybridized carbons (Fsp3) is 0.947. The summed E-state index contributed by atoms with van der Waals surface area (Å²) in [6.07, 6.45) is 10.1. The van der Waals surface area contributed by atoms with E-state index >= 15 is 0 Å². The number of amides is 1. The van der Waals surface area contributed by atoms with E-state index in [1.807, 2.05) is 20.8 Å². The van der Waals surface area contributed by atoms with Crippen molar-refractivity contribution in [3.8, 4) is 0 Å². The van der Waals surface area contributed by atoms with Crippen molar-refractivity contribution in [2.45, 2.75) is 104 Å². The molecule has 0 aromatic rings. The molecule has 136 valence electrons. The van der Waals surface area contributed by atoms with Crippen molar-refractivity contribution in [3.63, 3.8) is 0 Å². The summed E-state index contributed by atoms with van der Waals surface area (Å²) >= 11 is 0. The van der Waals surface area contributed by atoms with Crippen molar-refractivity contribution in [1.29, 1.82) is 0 Å². The van der Waals surface area contributed by atoms with E-state index in [4.69, 9.17) is 4.74 Å². The maximum Gasteiger partial charge on any atom is 0.407 e. The van der Waals surface area contributed by atoms with E-state index < -0.39 is 5.60 Å². The molecule has 1 rings (SSSR count). The summed E-state index contributed by atoms with van der Waals surface area (Å²) in [5, 5.41) is 6.64. The number of nitrogens with one attached hydrogen (secondary N) is 2. The number of hydrogen-bond acceptors (Lipinski definition) is 3. The zero-order valence-electron chi connectivity index (χ0n) is 15.9. The van der Waals surface area contributed by atoms with Crippen molar-refractivity contribution >= 4 is 6.09 Å². The first-order valence-electron chi connectivity index (χ1n) is 9.54. The molecule has 23 heavy (non-hydrogen) atoms. The van der Waals surface area contributed by atoms with Gasteiger partial charge in [0.1, 0.15) is 5.60 Å². The molecule has 0 aromatic carbocycles. The molecule has 2 atom stereocenters. The molecule has 1 fully saturated rings. The van der Waals surface area contributed by atoms with Crippen molar-refractivity contribution in [1.82, 2.24) is 10.6 Å². The predicted molar refractivity (Wildman–Crippen MR) is 96.7 cm³/mol. The van der Waals surface area contributed by atoms with E-state index in [9.17, 15) is 4.79 Å². The molecule has 0 heterocycles. The molecule has 2 unspecified atom stereocenters. The minimum absolute atomic E-state index is 0.308. The Labute approximate surface area is 143 Å². The van der Waals surface area contributed by atoms with Crippen LogP contribution >= 0.6 is 0 Å². The molecule has 0 saturated heterocycles. The number of ether oxygens (including phenoxy) is 1. The third-order valence-corrected chi connectivity index (χ3v) is 4.30. The molecule has 1 amide bonds. The van der Waals surface area contributed by atoms with Crippen molar-refractivity contribution in [2.24, 2.45) is 5.92 Å². The second-order valence-corrected chi connectivity index (χ2v) is 8.10. The highest BCUT2D eigenvalue weighted by molar-refractivity contribution is 5.67. The number of alkyl carbamates (subject to hydrolysis) is 1. The van der Waals surface area contributed by atoms with Gasteiger partial charge in [-0.1, -0.05) is 39.0 Å². The van der Waals surface area contributed by atoms with E-state index in [-0.39, 0.29) is 6.09 Å². The van der Waals surface area contributed by atoms with Crippen molar-refractivity contribution in [2.75, 3.05) is 6.54 Å². The number of rotatable bonds is 11. The first-order valence-corrected chi connectivity index (χ1v) is 9.54. The van der Waals surface area contributed by atoms with Crippen LogP contribution in [0, 0.1) is 5.92 Å². The summed E-state index contributed by atoms with van der Waals surface area (Å²) in [5.74, 6) is 0.715. The smallest absolute Gasteiger partial charge is 0.407 e. The second kappa shape index (κ2) is 10.2. The molecule has 0 bridgehead atoms. The largest absolute Gasteiger partial charge is 0.444 e. The van der Waals surface area contributed by atoms with Gasteiger partial charge >= 0.3 is 6.09 Å². The van der Waals surface area contributed by atoms with Gasteiger partial charge in [0.05, 0.1) is 0 Å². The SMILES string of the molecule is CCCCCCCC(C)NC(CNC(=O)OC(C)(C)C)C1CC1. The first kappa shape index (κ1) is 20.3. The van der Waals surface area contributed by atoms with Gasteiger partial charge in [-0.25, -0.2) is 4.79 Å². The second-order valence-electron chi connectivity index (χ2n) is 8.10. The topological polar surface area (TPSA) is 50.4 Å². The fourth-order valence-corrected chi connectivity index (χ4v) is 2.87. The summed E-state index contributed by atoms with van der Waals surface area (Å²) in [6.45, 7) is 10.9. The molecule has 0 spiro atoms. The van der Waals surface area contributed by atoms with E-state index in [1.165, 1.54) is 51.4 Å². The Morgan fingerprint density at radius 3 is 2.39 bits per heavy atom. The van der Waals surface area contributed by atoms with Gasteiger partial charge in [-0.15, -0.1) is 0 Å². The summed E-state index contributed by atoms with van der Waals surface area (Å²) in [7, 11) is 0. The third-order valence-electron chi connectivity index (χ3n) is 4.30. The normalized spacial score (nSPS) is 17.6. The summed E-state index contributed by atoms with van der Waals surface area (Å²) in [6, 6.07) is 0.899. The Balaban J connectivity index is 2.22. The van der Waals surface area contributed by atoms with E-state index in [0.717, 1.165) is 0 Å². The minimum Gasteiger partial charge on any atom is -0.444 e. The Bertz CT molecular complexity index is 335. The maximum atomic E-state index is 11.8. The number of carbonyl (C=O) groups is 1. The zero-order chi connectivity index (χ0) is 17.3. The van der Waals surface area contributed by atoms with Crippen molar-refractivity contribution in [3.05, 3.63) is 0 Å². The van der Waals surface area contributed by atoms with Gasteiger partial charge in [0.2, 0.25) is 0 Å². The van der Waals surface area contributed by atoms with Gasteiger partial charge in [-0.05, 0) is 52.9 Å². The van der Waals surface area contributed by atoms with Crippen LogP contribution in [-0.2, 0) is 4.74 Å². The van der Waals surface area contributed by atoms with Gasteiger partial charge in [0.25, 0.3) is 0 Å². The molecule has 0 aliphatic heterocycles. The van der Waals surface area contributed by atoms with E-state index in [2.05, 4.69) is 24.5 Å². The van der Waals surface area contributed by atoms with Crippen LogP contribution in [0.2, 0.25) is 0 Å². The Morgan fingerprint density at radius 1 is 1.17 bits per heavy atom. The summed E-state index contributed by atoms with van der Waals surface area (Å²) in [5.41, 5.74) is -0.432. The summed E-state index contributed by atoms with van der Waals surface area (Å²) in [4.78, 5) is 11.8. The average Bonchev–Trinajstić information content (AvgIpc) is 3.25. The lowest BCUT2D eigenvalue weighted by Crippen LogP contribution is -2.46. The number of hydrogen-bond donors (Lipinski definition) is 2. The molecule has 0 radical (unpaired) electrons. The Hall–Kier alpha value is -0.770. The lowest BCUT2D eigenvalue weighted by molar-refractivity contribution is 0.0520. The Kier molecular flexibility index (Phi) is 8.96. The quantitative estimate of drug-likeness (QED) is 0.544. The monoisotopic (exact) mass is 326 g/mol. The highest BCUT2D eigenvalue weighted by Crippen LogP contribution is 2.32. The van der Waals surface area contributed by atoms with Gasteiger partial charge in [0.15, 0.2) is 0 Å². The lowest BCUT2D eigenvalue weighted by atomic mass is 10.1. The molecule has 4 nitrogen and oxygen atoms in total. The average molecular weight is 327 g/mol. The van der Waals surface area contributed by atoms with Gasteiger partial charge in [-0.3, -0.25) is 0 Å². The van der Waals surface area contributed by atoms with Crippen LogP contribution in [0.15, 0.2) is 0 Å². The molecule has 0 aromatic heterocycles. The molecule has 1 aliphatic rings. The molecular weight excluding hydrogens is 288 g/mol. The predicted octanol–water partition coefficient (Wildman–Crippen LogP) is 4.63. The van der Waals surface area contributed by atoms with Gasteiger partial charge < -0.3 is 15.4 Å². The van der Waals surface area contributed by atoms with Crippen LogP contribution in [0.3, 0.4) is 0 Å². The molecule has 1 saturated carbocycles. The van der Waals surface area contributed by atoms with Crippen molar-refractivity contribution < 1.29 is 9.53 Å². The maximum absolute atomic E-state index is 11.8. The molecular formula is C19H38N2O2. The fourth-order valence-electron chi connectivity index (χ4n) is 2.87. The van der Waals surface area contributed by atoms with Crippen LogP contribution < -0.4 is 10.6 Å². The van der Waals surface area contributed by atoms with Crippen LogP contribution in [0.25, 0.3) is 0 Å². The third kappa shape index (κ3) is 10.6. The van der Waals surface area contributed by atoms with E-state index in [0.29, 0.717) is 24.5 Å². The number of carbonyl (C=O) groups excluding carboxylic acids is 1. The van der Waals surface area contributed by atoms with Gasteiger partial charge in [0, 0.05) is 18.6 Å². The van der Waals surface area contributed by atoms with Crippen LogP contribution in [-0.4, -0.2) is 30.3 Å². The molecule has 1 aliphatic carbocycles. The zero-order valence-corrected chi connectivity index (χ0v) is 15.9. The summed E-state index contributed by atoms with van der Waals surface area (Å²) < 4.78 is 5.32. The van der Waals surface area contributed by atoms with Crippen LogP contribution in [0.5, 0.6) is 0 Å². The van der Waals surface area contributed by atoms with Gasteiger partial charge in [-0.2, -0.15) is 0 Å².